The highest BCUT2D eigenvalue weighted by molar-refractivity contribution is 7.09. The molecule has 3 nitrogen and oxygen atoms in total. The number of nitrogens with two attached hydrogens (primary N) is 1. The highest BCUT2D eigenvalue weighted by Gasteiger charge is 2.17. The Hall–Kier alpha value is -1.39. The van der Waals surface area contributed by atoms with Gasteiger partial charge in [-0.1, -0.05) is 12.1 Å². The van der Waals surface area contributed by atoms with Crippen LogP contribution < -0.4 is 5.73 Å². The quantitative estimate of drug-likeness (QED) is 0.863. The van der Waals surface area contributed by atoms with E-state index in [0.717, 1.165) is 43.0 Å². The van der Waals surface area contributed by atoms with Gasteiger partial charge >= 0.3 is 0 Å². The molecular formula is C14H16N2OS. The number of benzene rings is 1. The zero-order chi connectivity index (χ0) is 12.4. The molecule has 2 aromatic rings. The van der Waals surface area contributed by atoms with Crippen molar-refractivity contribution in [2.24, 2.45) is 5.92 Å². The second kappa shape index (κ2) is 5.08. The van der Waals surface area contributed by atoms with Gasteiger partial charge in [-0.05, 0) is 24.5 Å². The molecule has 1 fully saturated rings. The minimum Gasteiger partial charge on any atom is -0.399 e. The van der Waals surface area contributed by atoms with E-state index >= 15 is 0 Å². The Morgan fingerprint density at radius 3 is 2.89 bits per heavy atom. The van der Waals surface area contributed by atoms with Gasteiger partial charge in [0.05, 0.1) is 10.7 Å². The predicted octanol–water partition coefficient (Wildman–Crippen LogP) is 2.97. The second-order valence-corrected chi connectivity index (χ2v) is 5.62. The van der Waals surface area contributed by atoms with Crippen molar-refractivity contribution in [1.82, 2.24) is 4.98 Å². The third-order valence-corrected chi connectivity index (χ3v) is 4.12. The molecule has 2 heterocycles. The lowest BCUT2D eigenvalue weighted by Crippen LogP contribution is -2.02. The third kappa shape index (κ3) is 2.54. The van der Waals surface area contributed by atoms with Crippen molar-refractivity contribution in [2.75, 3.05) is 18.9 Å². The summed E-state index contributed by atoms with van der Waals surface area (Å²) >= 11 is 1.74. The van der Waals surface area contributed by atoms with E-state index in [1.807, 2.05) is 24.3 Å². The lowest BCUT2D eigenvalue weighted by Gasteiger charge is -2.03. The first-order chi connectivity index (χ1) is 8.81. The van der Waals surface area contributed by atoms with E-state index in [2.05, 4.69) is 5.38 Å². The van der Waals surface area contributed by atoms with Gasteiger partial charge in [-0.3, -0.25) is 0 Å². The molecule has 18 heavy (non-hydrogen) atoms. The molecule has 0 amide bonds. The lowest BCUT2D eigenvalue weighted by molar-refractivity contribution is 0.186. The molecule has 1 aliphatic rings. The van der Waals surface area contributed by atoms with E-state index in [1.165, 1.54) is 5.01 Å². The first kappa shape index (κ1) is 11.7. The molecule has 0 radical (unpaired) electrons. The standard InChI is InChI=1S/C14H16N2OS/c15-12-3-1-11(2-4-12)13-9-18-14(16-13)7-10-5-6-17-8-10/h1-4,9-10H,5-8,15H2. The molecule has 1 aliphatic heterocycles. The summed E-state index contributed by atoms with van der Waals surface area (Å²) < 4.78 is 5.40. The Bertz CT molecular complexity index is 515. The van der Waals surface area contributed by atoms with Crippen LogP contribution in [0.4, 0.5) is 5.69 Å². The molecule has 1 unspecified atom stereocenters. The molecule has 4 heteroatoms. The van der Waals surface area contributed by atoms with Gasteiger partial charge in [-0.2, -0.15) is 0 Å². The van der Waals surface area contributed by atoms with E-state index in [1.54, 1.807) is 11.3 Å². The largest absolute Gasteiger partial charge is 0.399 e. The van der Waals surface area contributed by atoms with Crippen LogP contribution in [0.25, 0.3) is 11.3 Å². The SMILES string of the molecule is Nc1ccc(-c2csc(CC3CCOC3)n2)cc1. The fraction of sp³-hybridized carbons (Fsp3) is 0.357. The summed E-state index contributed by atoms with van der Waals surface area (Å²) in [5.74, 6) is 0.649. The van der Waals surface area contributed by atoms with Crippen LogP contribution in [0.1, 0.15) is 11.4 Å². The molecule has 94 valence electrons. The van der Waals surface area contributed by atoms with Crippen LogP contribution in [0.5, 0.6) is 0 Å². The maximum Gasteiger partial charge on any atom is 0.0936 e. The molecular weight excluding hydrogens is 244 g/mol. The zero-order valence-corrected chi connectivity index (χ0v) is 11.0. The van der Waals surface area contributed by atoms with E-state index in [4.69, 9.17) is 15.5 Å². The van der Waals surface area contributed by atoms with E-state index in [9.17, 15) is 0 Å². The normalized spacial score (nSPS) is 19.2. The number of anilines is 1. The lowest BCUT2D eigenvalue weighted by atomic mass is 10.1. The van der Waals surface area contributed by atoms with Gasteiger partial charge in [-0.15, -0.1) is 11.3 Å². The number of aromatic nitrogens is 1. The van der Waals surface area contributed by atoms with Crippen LogP contribution >= 0.6 is 11.3 Å². The molecule has 0 aliphatic carbocycles. The van der Waals surface area contributed by atoms with Crippen LogP contribution in [0.3, 0.4) is 0 Å². The van der Waals surface area contributed by atoms with Crippen molar-refractivity contribution in [3.05, 3.63) is 34.7 Å². The number of nitrogen functional groups attached to an aromatic ring is 1. The van der Waals surface area contributed by atoms with Gasteiger partial charge in [0.1, 0.15) is 0 Å². The van der Waals surface area contributed by atoms with E-state index < -0.39 is 0 Å². The van der Waals surface area contributed by atoms with Gasteiger partial charge < -0.3 is 10.5 Å². The van der Waals surface area contributed by atoms with Crippen molar-refractivity contribution >= 4 is 17.0 Å². The fourth-order valence-electron chi connectivity index (χ4n) is 2.18. The average molecular weight is 260 g/mol. The molecule has 1 saturated heterocycles. The van der Waals surface area contributed by atoms with Crippen LogP contribution in [-0.2, 0) is 11.2 Å². The first-order valence-corrected chi connectivity index (χ1v) is 7.07. The Kier molecular flexibility index (Phi) is 3.30. The first-order valence-electron chi connectivity index (χ1n) is 6.19. The molecule has 1 aromatic carbocycles. The zero-order valence-electron chi connectivity index (χ0n) is 10.1. The maximum absolute atomic E-state index is 5.69. The summed E-state index contributed by atoms with van der Waals surface area (Å²) in [4.78, 5) is 4.70. The van der Waals surface area contributed by atoms with E-state index in [0.29, 0.717) is 5.92 Å². The van der Waals surface area contributed by atoms with Crippen molar-refractivity contribution < 1.29 is 4.74 Å². The molecule has 2 N–H and O–H groups in total. The number of hydrogen-bond donors (Lipinski definition) is 1. The number of rotatable bonds is 3. The molecule has 0 bridgehead atoms. The number of thiazole rings is 1. The highest BCUT2D eigenvalue weighted by atomic mass is 32.1. The summed E-state index contributed by atoms with van der Waals surface area (Å²) in [7, 11) is 0. The van der Waals surface area contributed by atoms with Gasteiger partial charge in [0.2, 0.25) is 0 Å². The summed E-state index contributed by atoms with van der Waals surface area (Å²) in [6, 6.07) is 7.87. The van der Waals surface area contributed by atoms with Crippen LogP contribution in [0, 0.1) is 5.92 Å². The Morgan fingerprint density at radius 2 is 2.17 bits per heavy atom. The summed E-state index contributed by atoms with van der Waals surface area (Å²) in [5, 5.41) is 3.33. The monoisotopic (exact) mass is 260 g/mol. The minimum atomic E-state index is 0.649. The van der Waals surface area contributed by atoms with Gasteiger partial charge in [0.25, 0.3) is 0 Å². The highest BCUT2D eigenvalue weighted by Crippen LogP contribution is 2.26. The van der Waals surface area contributed by atoms with Gasteiger partial charge in [0, 0.05) is 36.3 Å². The molecule has 3 rings (SSSR count). The van der Waals surface area contributed by atoms with Crippen molar-refractivity contribution in [2.45, 2.75) is 12.8 Å². The van der Waals surface area contributed by atoms with Crippen molar-refractivity contribution in [1.29, 1.82) is 0 Å². The number of ether oxygens (including phenoxy) is 1. The number of nitrogens with zero attached hydrogens (tertiary/aromatic N) is 1. The van der Waals surface area contributed by atoms with E-state index in [-0.39, 0.29) is 0 Å². The minimum absolute atomic E-state index is 0.649. The summed E-state index contributed by atoms with van der Waals surface area (Å²) in [6.07, 6.45) is 2.20. The van der Waals surface area contributed by atoms with Crippen molar-refractivity contribution in [3.63, 3.8) is 0 Å². The van der Waals surface area contributed by atoms with Crippen LogP contribution in [0.15, 0.2) is 29.6 Å². The fourth-order valence-corrected chi connectivity index (χ4v) is 3.10. The van der Waals surface area contributed by atoms with Crippen LogP contribution in [-0.4, -0.2) is 18.2 Å². The predicted molar refractivity (Wildman–Crippen MR) is 74.6 cm³/mol. The third-order valence-electron chi connectivity index (χ3n) is 3.25. The Morgan fingerprint density at radius 1 is 1.33 bits per heavy atom. The topological polar surface area (TPSA) is 48.1 Å². The Labute approximate surface area is 111 Å². The van der Waals surface area contributed by atoms with Crippen LogP contribution in [0.2, 0.25) is 0 Å². The maximum atomic E-state index is 5.69. The van der Waals surface area contributed by atoms with Gasteiger partial charge in [-0.25, -0.2) is 4.98 Å². The molecule has 0 saturated carbocycles. The second-order valence-electron chi connectivity index (χ2n) is 4.68. The van der Waals surface area contributed by atoms with Gasteiger partial charge in [0.15, 0.2) is 0 Å². The van der Waals surface area contributed by atoms with Crippen molar-refractivity contribution in [3.8, 4) is 11.3 Å². The summed E-state index contributed by atoms with van der Waals surface area (Å²) in [5.41, 5.74) is 8.66. The molecule has 1 aromatic heterocycles. The molecule has 0 spiro atoms. The summed E-state index contributed by atoms with van der Waals surface area (Å²) in [6.45, 7) is 1.79. The Balaban J connectivity index is 1.74. The number of hydrogen-bond acceptors (Lipinski definition) is 4. The smallest absolute Gasteiger partial charge is 0.0936 e. The molecule has 1 atom stereocenters. The average Bonchev–Trinajstić information content (AvgIpc) is 3.02.